The zero-order chi connectivity index (χ0) is 47.0. The van der Waals surface area contributed by atoms with Crippen LogP contribution in [0.5, 0.6) is 0 Å². The number of carbonyl (C=O) groups is 1. The van der Waals surface area contributed by atoms with Crippen molar-refractivity contribution in [3.05, 3.63) is 0 Å². The number of aliphatic hydroxyl groups is 7. The van der Waals surface area contributed by atoms with Crippen LogP contribution in [0.2, 0.25) is 0 Å². The van der Waals surface area contributed by atoms with Gasteiger partial charge in [0.15, 0.2) is 37.4 Å². The minimum Gasteiger partial charge on any atom is -0.479 e. The summed E-state index contributed by atoms with van der Waals surface area (Å²) in [5.74, 6) is -2.05. The summed E-state index contributed by atoms with van der Waals surface area (Å²) in [5, 5.41) is 83.6. The van der Waals surface area contributed by atoms with Crippen LogP contribution in [0.1, 0.15) is 0 Å². The third-order valence-corrected chi connectivity index (χ3v) is 10.9. The van der Waals surface area contributed by atoms with Crippen LogP contribution in [-0.2, 0) is 96.3 Å². The van der Waals surface area contributed by atoms with Gasteiger partial charge in [0.2, 0.25) is 0 Å². The minimum absolute atomic E-state index is 1.18. The Hall–Kier alpha value is -1.69. The average molecular weight is 999 g/mol. The van der Waals surface area contributed by atoms with Crippen molar-refractivity contribution in [3.63, 3.8) is 0 Å². The van der Waals surface area contributed by atoms with Crippen LogP contribution in [0.15, 0.2) is 0 Å². The Labute approximate surface area is 348 Å². The molecule has 16 N–H and O–H groups in total. The number of aliphatic hydroxyl groups excluding tert-OH is 7. The lowest BCUT2D eigenvalue weighted by atomic mass is 9.94. The summed E-state index contributed by atoms with van der Waals surface area (Å²) < 4.78 is 184. The van der Waals surface area contributed by atoms with Gasteiger partial charge in [-0.2, -0.15) is 33.7 Å². The number of hydrogen-bond donors (Lipinski definition) is 14. The molecule has 0 bridgehead atoms. The molecule has 4 heterocycles. The topological polar surface area (TPSA) is 550 Å². The lowest BCUT2D eigenvalue weighted by Crippen LogP contribution is -2.70. The van der Waals surface area contributed by atoms with E-state index < -0.39 is 190 Å². The van der Waals surface area contributed by atoms with E-state index in [0.29, 0.717) is 0 Å². The van der Waals surface area contributed by atoms with E-state index in [0.717, 1.165) is 0 Å². The van der Waals surface area contributed by atoms with E-state index in [4.69, 9.17) is 53.7 Å². The summed E-state index contributed by atoms with van der Waals surface area (Å²) in [7, 11) is -21.9. The molecule has 62 heavy (non-hydrogen) atoms. The van der Waals surface area contributed by atoms with Crippen molar-refractivity contribution < 1.29 is 147 Å². The Morgan fingerprint density at radius 3 is 1.50 bits per heavy atom. The third kappa shape index (κ3) is 13.7. The van der Waals surface area contributed by atoms with E-state index in [2.05, 4.69) is 16.7 Å². The van der Waals surface area contributed by atoms with Gasteiger partial charge in [-0.25, -0.2) is 21.5 Å². The summed E-state index contributed by atoms with van der Waals surface area (Å²) in [5.41, 5.74) is 11.9. The van der Waals surface area contributed by atoms with Crippen molar-refractivity contribution in [3.8, 4) is 0 Å². The van der Waals surface area contributed by atoms with Gasteiger partial charge in [0, 0.05) is 0 Å². The first kappa shape index (κ1) is 52.9. The van der Waals surface area contributed by atoms with Crippen LogP contribution in [-0.4, -0.2) is 241 Å². The van der Waals surface area contributed by atoms with E-state index in [-0.39, 0.29) is 0 Å². The number of rotatable bonds is 18. The second kappa shape index (κ2) is 20.4. The number of aliphatic carboxylic acids is 1. The minimum atomic E-state index is -5.75. The van der Waals surface area contributed by atoms with Crippen LogP contribution in [0, 0.1) is 0 Å². The fourth-order valence-electron chi connectivity index (χ4n) is 6.36. The number of nitrogens with two attached hydrogens (primary N) is 2. The maximum absolute atomic E-state index is 12.4. The van der Waals surface area contributed by atoms with Gasteiger partial charge < -0.3 is 85.5 Å². The number of hydrogen-bond acceptors (Lipinski definition) is 29. The highest BCUT2D eigenvalue weighted by Gasteiger charge is 2.57. The highest BCUT2D eigenvalue weighted by Crippen LogP contribution is 2.36. The molecule has 0 radical (unpaired) electrons. The van der Waals surface area contributed by atoms with Crippen LogP contribution < -0.4 is 11.5 Å². The van der Waals surface area contributed by atoms with E-state index >= 15 is 0 Å². The highest BCUT2D eigenvalue weighted by atomic mass is 32.3. The van der Waals surface area contributed by atoms with Gasteiger partial charge in [-0.15, -0.1) is 0 Å². The second-order valence-electron chi connectivity index (χ2n) is 13.4. The standard InChI is InChI=1S/C24H42N2O32S4/c25-7-10(29)9(28)5(2-48-59(36,37)38)51-22(7)55-17-11(30)12(31)24(56-19(17)20(33)34)54-15-6(3-49-60(39,40)41)52-23(8(26)16(15)57-61(42,43)44)53-14-4(1-27)50-21(35)18(13(14)32)58-62(45,46)47/h4-19,21-24,27-32,35H,1-3,25-26H2,(H,33,34)(H,36,37,38)(H,39,40,41)(H,42,43,44)(H,45,46,47)/t4-,5+,6+,7+,8+,9+,10+,11+,12+,13-,14+,15+,16+,17-,18+,19-,21?,22+,23+,24+/m0/s1. The maximum atomic E-state index is 12.4. The summed E-state index contributed by atoms with van der Waals surface area (Å²) >= 11 is 0. The van der Waals surface area contributed by atoms with Gasteiger partial charge >= 0.3 is 47.6 Å². The lowest BCUT2D eigenvalue weighted by molar-refractivity contribution is -0.368. The molecule has 4 fully saturated rings. The normalized spacial score (nSPS) is 42.7. The fourth-order valence-corrected chi connectivity index (χ4v) is 7.98. The van der Waals surface area contributed by atoms with Gasteiger partial charge in [-0.05, 0) is 0 Å². The molecule has 364 valence electrons. The van der Waals surface area contributed by atoms with Crippen LogP contribution in [0.3, 0.4) is 0 Å². The molecular weight excluding hydrogens is 957 g/mol. The molecule has 38 heteroatoms. The molecule has 0 spiro atoms. The summed E-state index contributed by atoms with van der Waals surface area (Å²) in [6, 6.07) is -4.09. The Kier molecular flexibility index (Phi) is 17.5. The molecule has 0 aliphatic carbocycles. The Morgan fingerprint density at radius 2 is 0.984 bits per heavy atom. The predicted molar refractivity (Wildman–Crippen MR) is 180 cm³/mol. The summed E-state index contributed by atoms with van der Waals surface area (Å²) in [4.78, 5) is 12.4. The van der Waals surface area contributed by atoms with Gasteiger partial charge in [0.05, 0.1) is 31.9 Å². The van der Waals surface area contributed by atoms with Gasteiger partial charge in [0.25, 0.3) is 0 Å². The Bertz CT molecular complexity index is 1980. The average Bonchev–Trinajstić information content (AvgIpc) is 3.13. The monoisotopic (exact) mass is 998 g/mol. The summed E-state index contributed by atoms with van der Waals surface area (Å²) in [6.45, 7) is -3.89. The SMILES string of the molecule is N[C@H]1[C@@H](O[C@H]2[C@H](O)[C@@H](O)[C@H](O[C@H]3[C@H](OS(=O)(=O)O)[C@@H](N)[C@@H](O[C@H]4[C@H](O)[C@@H](OS(=O)(=O)O)C(O)O[C@H]4CO)O[C@@H]3COS(=O)(=O)O)O[C@@H]2C(=O)O)O[C@H](COS(=O)(=O)O)[C@@H](O)[C@@H]1O. The first-order valence-electron chi connectivity index (χ1n) is 16.9. The zero-order valence-corrected chi connectivity index (χ0v) is 33.8. The number of carboxylic acids is 1. The van der Waals surface area contributed by atoms with Crippen molar-refractivity contribution in [2.24, 2.45) is 11.5 Å². The third-order valence-electron chi connectivity index (χ3n) is 9.15. The Morgan fingerprint density at radius 1 is 0.500 bits per heavy atom. The number of carboxylic acid groups (broad SMARTS) is 1. The largest absolute Gasteiger partial charge is 0.479 e. The number of ether oxygens (including phenoxy) is 7. The molecule has 0 aromatic heterocycles. The first-order valence-corrected chi connectivity index (χ1v) is 22.3. The Balaban J connectivity index is 1.66. The maximum Gasteiger partial charge on any atom is 0.397 e. The van der Waals surface area contributed by atoms with E-state index in [1.165, 1.54) is 0 Å². The van der Waals surface area contributed by atoms with Crippen molar-refractivity contribution in [1.29, 1.82) is 0 Å². The first-order chi connectivity index (χ1) is 28.3. The van der Waals surface area contributed by atoms with Crippen LogP contribution in [0.4, 0.5) is 0 Å². The summed E-state index contributed by atoms with van der Waals surface area (Å²) in [6.07, 6.45) is -41.6. The van der Waals surface area contributed by atoms with E-state index in [1.807, 2.05) is 0 Å². The quantitative estimate of drug-likeness (QED) is 0.0567. The van der Waals surface area contributed by atoms with Gasteiger partial charge in [-0.3, -0.25) is 18.2 Å². The smallest absolute Gasteiger partial charge is 0.397 e. The molecule has 4 aliphatic rings. The molecule has 0 aromatic rings. The lowest BCUT2D eigenvalue weighted by Gasteiger charge is -2.49. The van der Waals surface area contributed by atoms with E-state index in [9.17, 15) is 88.4 Å². The van der Waals surface area contributed by atoms with Crippen LogP contribution in [0.25, 0.3) is 0 Å². The molecule has 0 amide bonds. The molecular formula is C24H42N2O32S4. The molecule has 0 aromatic carbocycles. The fraction of sp³-hybridized carbons (Fsp3) is 0.958. The van der Waals surface area contributed by atoms with Gasteiger partial charge in [0.1, 0.15) is 73.2 Å². The molecule has 0 saturated carbocycles. The van der Waals surface area contributed by atoms with E-state index in [1.54, 1.807) is 0 Å². The zero-order valence-electron chi connectivity index (χ0n) is 30.5. The molecule has 20 atom stereocenters. The molecule has 34 nitrogen and oxygen atoms in total. The van der Waals surface area contributed by atoms with Crippen LogP contribution >= 0.6 is 0 Å². The van der Waals surface area contributed by atoms with Crippen molar-refractivity contribution in [1.82, 2.24) is 0 Å². The molecule has 4 saturated heterocycles. The van der Waals surface area contributed by atoms with Gasteiger partial charge in [-0.1, -0.05) is 0 Å². The predicted octanol–water partition coefficient (Wildman–Crippen LogP) is -10.4. The molecule has 1 unspecified atom stereocenters. The molecule has 4 aliphatic heterocycles. The van der Waals surface area contributed by atoms with Crippen molar-refractivity contribution >= 4 is 47.6 Å². The van der Waals surface area contributed by atoms with Crippen molar-refractivity contribution in [2.75, 3.05) is 19.8 Å². The highest BCUT2D eigenvalue weighted by molar-refractivity contribution is 7.81. The molecule has 4 rings (SSSR count). The second-order valence-corrected chi connectivity index (χ2v) is 17.7. The van der Waals surface area contributed by atoms with Crippen molar-refractivity contribution in [2.45, 2.75) is 123 Å².